The summed E-state index contributed by atoms with van der Waals surface area (Å²) in [6.45, 7) is 0. The summed E-state index contributed by atoms with van der Waals surface area (Å²) in [6, 6.07) is 44.9. The fourth-order valence-corrected chi connectivity index (χ4v) is 5.77. The first-order valence-electron chi connectivity index (χ1n) is 12.6. The smallest absolute Gasteiger partial charge is 0.0883 e. The van der Waals surface area contributed by atoms with Crippen LogP contribution in [-0.4, -0.2) is 15.7 Å². The largest absolute Gasteiger partial charge is 0.139 e. The molecule has 0 unspecified atom stereocenters. The van der Waals surface area contributed by atoms with Gasteiger partial charge < -0.3 is 0 Å². The van der Waals surface area contributed by atoms with Crippen molar-refractivity contribution in [2.45, 2.75) is 0 Å². The summed E-state index contributed by atoms with van der Waals surface area (Å²) in [4.78, 5) is 0. The molecular formula is C34H24B2. The molecule has 0 saturated carbocycles. The van der Waals surface area contributed by atoms with Crippen LogP contribution in [0.1, 0.15) is 0 Å². The standard InChI is InChI=1S/C34H24B2/c35-27-14-16-30-31(19-27)33(25-11-9-21-5-1-3-7-23(21)17-25)29-15-13-28(36)20-32(29)34(30)26-12-10-22-6-2-4-8-24(22)18-26/h1-20H,35-36H2. The van der Waals surface area contributed by atoms with Crippen molar-refractivity contribution in [3.63, 3.8) is 0 Å². The van der Waals surface area contributed by atoms with E-state index in [0.29, 0.717) is 0 Å². The van der Waals surface area contributed by atoms with Crippen molar-refractivity contribution in [3.8, 4) is 22.3 Å². The van der Waals surface area contributed by atoms with E-state index in [1.807, 2.05) is 0 Å². The molecule has 7 rings (SSSR count). The Morgan fingerprint density at radius 3 is 1.19 bits per heavy atom. The Labute approximate surface area is 213 Å². The molecule has 0 spiro atoms. The van der Waals surface area contributed by atoms with Crippen molar-refractivity contribution in [3.05, 3.63) is 121 Å². The fraction of sp³-hybridized carbons (Fsp3) is 0. The van der Waals surface area contributed by atoms with Crippen molar-refractivity contribution >= 4 is 69.7 Å². The molecular weight excluding hydrogens is 430 g/mol. The molecule has 0 fully saturated rings. The summed E-state index contributed by atoms with van der Waals surface area (Å²) >= 11 is 0. The highest BCUT2D eigenvalue weighted by Gasteiger charge is 2.17. The second kappa shape index (κ2) is 8.14. The Balaban J connectivity index is 1.64. The first-order valence-corrected chi connectivity index (χ1v) is 12.6. The Morgan fingerprint density at radius 1 is 0.333 bits per heavy atom. The molecule has 0 aliphatic carbocycles. The van der Waals surface area contributed by atoms with Crippen molar-refractivity contribution in [2.24, 2.45) is 0 Å². The van der Waals surface area contributed by atoms with Gasteiger partial charge in [0.05, 0.1) is 0 Å². The Kier molecular flexibility index (Phi) is 4.75. The van der Waals surface area contributed by atoms with E-state index in [4.69, 9.17) is 0 Å². The maximum absolute atomic E-state index is 2.36. The zero-order valence-corrected chi connectivity index (χ0v) is 20.5. The number of rotatable bonds is 2. The zero-order valence-electron chi connectivity index (χ0n) is 20.5. The number of hydrogen-bond donors (Lipinski definition) is 0. The third-order valence-corrected chi connectivity index (χ3v) is 7.50. The van der Waals surface area contributed by atoms with Gasteiger partial charge in [0.1, 0.15) is 15.7 Å². The average molecular weight is 454 g/mol. The molecule has 7 aromatic rings. The van der Waals surface area contributed by atoms with Crippen LogP contribution < -0.4 is 10.9 Å². The average Bonchev–Trinajstić information content (AvgIpc) is 2.91. The van der Waals surface area contributed by atoms with Gasteiger partial charge in [0, 0.05) is 0 Å². The first-order chi connectivity index (χ1) is 17.7. The van der Waals surface area contributed by atoms with Gasteiger partial charge in [0.25, 0.3) is 0 Å². The monoisotopic (exact) mass is 454 g/mol. The summed E-state index contributed by atoms with van der Waals surface area (Å²) in [5.41, 5.74) is 7.73. The van der Waals surface area contributed by atoms with Crippen LogP contribution in [0.25, 0.3) is 65.3 Å². The molecule has 0 bridgehead atoms. The molecule has 0 nitrogen and oxygen atoms in total. The summed E-state index contributed by atoms with van der Waals surface area (Å²) in [6.07, 6.45) is 0. The van der Waals surface area contributed by atoms with E-state index in [9.17, 15) is 0 Å². The zero-order chi connectivity index (χ0) is 24.2. The molecule has 0 N–H and O–H groups in total. The first kappa shape index (κ1) is 21.0. The van der Waals surface area contributed by atoms with Crippen molar-refractivity contribution in [2.75, 3.05) is 0 Å². The van der Waals surface area contributed by atoms with Gasteiger partial charge in [-0.3, -0.25) is 0 Å². The van der Waals surface area contributed by atoms with Gasteiger partial charge in [0.2, 0.25) is 0 Å². The van der Waals surface area contributed by atoms with Gasteiger partial charge in [-0.2, -0.15) is 0 Å². The van der Waals surface area contributed by atoms with Gasteiger partial charge in [-0.15, -0.1) is 0 Å². The number of fused-ring (bicyclic) bond motifs is 4. The molecule has 0 saturated heterocycles. The van der Waals surface area contributed by atoms with Gasteiger partial charge in [-0.05, 0) is 77.5 Å². The van der Waals surface area contributed by atoms with Crippen LogP contribution >= 0.6 is 0 Å². The fourth-order valence-electron chi connectivity index (χ4n) is 5.77. The third-order valence-electron chi connectivity index (χ3n) is 7.50. The van der Waals surface area contributed by atoms with Crippen LogP contribution in [-0.2, 0) is 0 Å². The summed E-state index contributed by atoms with van der Waals surface area (Å²) in [5.74, 6) is 0. The topological polar surface area (TPSA) is 0 Å². The Hall–Kier alpha value is -4.29. The summed E-state index contributed by atoms with van der Waals surface area (Å²) < 4.78 is 0. The molecule has 2 heteroatoms. The van der Waals surface area contributed by atoms with Gasteiger partial charge in [0.15, 0.2) is 0 Å². The lowest BCUT2D eigenvalue weighted by molar-refractivity contribution is 1.69. The van der Waals surface area contributed by atoms with Crippen molar-refractivity contribution in [1.29, 1.82) is 0 Å². The van der Waals surface area contributed by atoms with Crippen LogP contribution in [0.15, 0.2) is 121 Å². The molecule has 7 aromatic carbocycles. The number of hydrogen-bond acceptors (Lipinski definition) is 0. The molecule has 0 aromatic heterocycles. The van der Waals surface area contributed by atoms with E-state index in [1.54, 1.807) is 0 Å². The molecule has 0 heterocycles. The van der Waals surface area contributed by atoms with E-state index in [-0.39, 0.29) is 0 Å². The Morgan fingerprint density at radius 2 is 0.750 bits per heavy atom. The van der Waals surface area contributed by atoms with Gasteiger partial charge in [-0.1, -0.05) is 120 Å². The van der Waals surface area contributed by atoms with E-state index < -0.39 is 0 Å². The van der Waals surface area contributed by atoms with Crippen LogP contribution in [0.3, 0.4) is 0 Å². The highest BCUT2D eigenvalue weighted by atomic mass is 14.2. The molecule has 0 atom stereocenters. The highest BCUT2D eigenvalue weighted by molar-refractivity contribution is 6.36. The summed E-state index contributed by atoms with van der Waals surface area (Å²) in [7, 11) is 4.39. The minimum absolute atomic E-state index is 1.27. The van der Waals surface area contributed by atoms with E-state index in [1.165, 1.54) is 76.3 Å². The van der Waals surface area contributed by atoms with Gasteiger partial charge >= 0.3 is 0 Å². The third kappa shape index (κ3) is 3.33. The SMILES string of the molecule is Bc1ccc2c(-c3ccc4ccccc4c3)c3cc(B)ccc3c(-c3ccc4ccccc4c3)c2c1. The van der Waals surface area contributed by atoms with Crippen LogP contribution in [0.5, 0.6) is 0 Å². The van der Waals surface area contributed by atoms with Crippen LogP contribution in [0, 0.1) is 0 Å². The molecule has 36 heavy (non-hydrogen) atoms. The molecule has 0 radical (unpaired) electrons. The Bertz CT molecular complexity index is 1820. The van der Waals surface area contributed by atoms with E-state index >= 15 is 0 Å². The molecule has 0 amide bonds. The maximum Gasteiger partial charge on any atom is 0.139 e. The summed E-state index contributed by atoms with van der Waals surface area (Å²) in [5, 5.41) is 10.3. The predicted molar refractivity (Wildman–Crippen MR) is 164 cm³/mol. The van der Waals surface area contributed by atoms with Crippen LogP contribution in [0.2, 0.25) is 0 Å². The minimum atomic E-state index is 1.27. The normalized spacial score (nSPS) is 11.6. The van der Waals surface area contributed by atoms with Crippen molar-refractivity contribution < 1.29 is 0 Å². The highest BCUT2D eigenvalue weighted by Crippen LogP contribution is 2.44. The predicted octanol–water partition coefficient (Wildman–Crippen LogP) is 6.15. The van der Waals surface area contributed by atoms with Crippen LogP contribution in [0.4, 0.5) is 0 Å². The van der Waals surface area contributed by atoms with E-state index in [0.717, 1.165) is 0 Å². The number of benzene rings is 7. The second-order valence-electron chi connectivity index (χ2n) is 9.97. The van der Waals surface area contributed by atoms with Crippen molar-refractivity contribution in [1.82, 2.24) is 0 Å². The molecule has 0 aliphatic heterocycles. The lowest BCUT2D eigenvalue weighted by Gasteiger charge is -2.19. The molecule has 0 aliphatic rings. The van der Waals surface area contributed by atoms with Gasteiger partial charge in [-0.25, -0.2) is 0 Å². The lowest BCUT2D eigenvalue weighted by atomic mass is 9.81. The molecule has 166 valence electrons. The quantitative estimate of drug-likeness (QED) is 0.217. The maximum atomic E-state index is 2.36. The minimum Gasteiger partial charge on any atom is -0.0883 e. The lowest BCUT2D eigenvalue weighted by Crippen LogP contribution is -2.04. The van der Waals surface area contributed by atoms with E-state index in [2.05, 4.69) is 137 Å². The second-order valence-corrected chi connectivity index (χ2v) is 9.97.